The number of likely N-dealkylation sites (N-methyl/N-ethyl adjacent to an activating group) is 1. The maximum Gasteiger partial charge on any atom is 0.317 e. The van der Waals surface area contributed by atoms with Gasteiger partial charge >= 0.3 is 5.97 Å². The normalized spacial score (nSPS) is 21.0. The highest BCUT2D eigenvalue weighted by atomic mass is 32.2. The second kappa shape index (κ2) is 8.49. The number of morpholine rings is 1. The zero-order valence-electron chi connectivity index (χ0n) is 12.4. The number of amides is 1. The Hall–Kier alpha value is -0.790. The SMILES string of the molecule is CSCC(C)C(=O)N1CCOC(CN(C)CC(=O)O)C1. The van der Waals surface area contributed by atoms with Crippen LogP contribution >= 0.6 is 11.8 Å². The molecule has 1 aliphatic rings. The van der Waals surface area contributed by atoms with Gasteiger partial charge in [-0.15, -0.1) is 0 Å². The van der Waals surface area contributed by atoms with E-state index >= 15 is 0 Å². The van der Waals surface area contributed by atoms with E-state index in [-0.39, 0.29) is 24.5 Å². The summed E-state index contributed by atoms with van der Waals surface area (Å²) in [6, 6.07) is 0. The van der Waals surface area contributed by atoms with Gasteiger partial charge in [0.2, 0.25) is 5.91 Å². The Labute approximate surface area is 124 Å². The number of carboxylic acid groups (broad SMARTS) is 1. The summed E-state index contributed by atoms with van der Waals surface area (Å²) in [6.45, 7) is 4.13. The lowest BCUT2D eigenvalue weighted by Gasteiger charge is -2.35. The van der Waals surface area contributed by atoms with E-state index in [1.807, 2.05) is 18.1 Å². The molecular formula is C13H24N2O4S. The largest absolute Gasteiger partial charge is 0.480 e. The molecule has 0 radical (unpaired) electrons. The molecule has 1 saturated heterocycles. The second-order valence-corrected chi connectivity index (χ2v) is 6.13. The molecule has 0 aromatic carbocycles. The summed E-state index contributed by atoms with van der Waals surface area (Å²) in [4.78, 5) is 26.4. The molecule has 2 atom stereocenters. The average Bonchev–Trinajstić information content (AvgIpc) is 2.37. The fourth-order valence-corrected chi connectivity index (χ4v) is 2.95. The number of carbonyl (C=O) groups is 2. The number of hydrogen-bond acceptors (Lipinski definition) is 5. The van der Waals surface area contributed by atoms with Crippen molar-refractivity contribution in [2.24, 2.45) is 5.92 Å². The van der Waals surface area contributed by atoms with Crippen molar-refractivity contribution in [3.8, 4) is 0 Å². The van der Waals surface area contributed by atoms with Crippen LogP contribution in [0.25, 0.3) is 0 Å². The molecule has 1 amide bonds. The zero-order valence-corrected chi connectivity index (χ0v) is 13.2. The molecule has 0 spiro atoms. The molecule has 1 N–H and O–H groups in total. The van der Waals surface area contributed by atoms with E-state index in [1.54, 1.807) is 23.7 Å². The van der Waals surface area contributed by atoms with Crippen LogP contribution in [-0.2, 0) is 14.3 Å². The molecule has 0 saturated carbocycles. The summed E-state index contributed by atoms with van der Waals surface area (Å²) < 4.78 is 5.62. The topological polar surface area (TPSA) is 70.1 Å². The standard InChI is InChI=1S/C13H24N2O4S/c1-10(9-20-3)13(18)15-4-5-19-11(7-15)6-14(2)8-12(16)17/h10-11H,4-9H2,1-3H3,(H,16,17). The number of ether oxygens (including phenoxy) is 1. The monoisotopic (exact) mass is 304 g/mol. The number of aliphatic carboxylic acids is 1. The highest BCUT2D eigenvalue weighted by molar-refractivity contribution is 7.98. The lowest BCUT2D eigenvalue weighted by atomic mass is 10.1. The highest BCUT2D eigenvalue weighted by Gasteiger charge is 2.27. The Morgan fingerprint density at radius 1 is 1.55 bits per heavy atom. The molecular weight excluding hydrogens is 280 g/mol. The summed E-state index contributed by atoms with van der Waals surface area (Å²) in [6.07, 6.45) is 1.88. The molecule has 0 aromatic heterocycles. The molecule has 7 heteroatoms. The Morgan fingerprint density at radius 3 is 2.85 bits per heavy atom. The first-order valence-electron chi connectivity index (χ1n) is 6.73. The smallest absolute Gasteiger partial charge is 0.317 e. The fourth-order valence-electron chi connectivity index (χ4n) is 2.31. The van der Waals surface area contributed by atoms with E-state index in [0.717, 1.165) is 5.75 Å². The minimum Gasteiger partial charge on any atom is -0.480 e. The third-order valence-electron chi connectivity index (χ3n) is 3.21. The van der Waals surface area contributed by atoms with Gasteiger partial charge in [0.25, 0.3) is 0 Å². The van der Waals surface area contributed by atoms with Gasteiger partial charge in [0, 0.05) is 31.3 Å². The number of hydrogen-bond donors (Lipinski definition) is 1. The number of rotatable bonds is 7. The van der Waals surface area contributed by atoms with Crippen molar-refractivity contribution in [1.29, 1.82) is 0 Å². The van der Waals surface area contributed by atoms with Gasteiger partial charge in [0.15, 0.2) is 0 Å². The van der Waals surface area contributed by atoms with Gasteiger partial charge in [-0.1, -0.05) is 6.92 Å². The van der Waals surface area contributed by atoms with Crippen molar-refractivity contribution < 1.29 is 19.4 Å². The minimum atomic E-state index is -0.857. The average molecular weight is 304 g/mol. The number of thioether (sulfide) groups is 1. The first-order chi connectivity index (χ1) is 9.43. The van der Waals surface area contributed by atoms with Crippen LogP contribution in [0.4, 0.5) is 0 Å². The molecule has 1 aliphatic heterocycles. The predicted octanol–water partition coefficient (Wildman–Crippen LogP) is 0.229. The van der Waals surface area contributed by atoms with Crippen molar-refractivity contribution >= 4 is 23.6 Å². The van der Waals surface area contributed by atoms with E-state index in [9.17, 15) is 9.59 Å². The lowest BCUT2D eigenvalue weighted by molar-refractivity contribution is -0.144. The highest BCUT2D eigenvalue weighted by Crippen LogP contribution is 2.13. The maximum atomic E-state index is 12.2. The Morgan fingerprint density at radius 2 is 2.25 bits per heavy atom. The molecule has 6 nitrogen and oxygen atoms in total. The van der Waals surface area contributed by atoms with Gasteiger partial charge < -0.3 is 14.7 Å². The molecule has 116 valence electrons. The van der Waals surface area contributed by atoms with E-state index in [2.05, 4.69) is 0 Å². The van der Waals surface area contributed by atoms with Crippen LogP contribution in [0.3, 0.4) is 0 Å². The van der Waals surface area contributed by atoms with E-state index in [0.29, 0.717) is 26.2 Å². The lowest BCUT2D eigenvalue weighted by Crippen LogP contribution is -2.51. The van der Waals surface area contributed by atoms with Crippen molar-refractivity contribution in [3.63, 3.8) is 0 Å². The van der Waals surface area contributed by atoms with Gasteiger partial charge in [-0.05, 0) is 13.3 Å². The first-order valence-corrected chi connectivity index (χ1v) is 8.13. The molecule has 1 heterocycles. The van der Waals surface area contributed by atoms with Gasteiger partial charge in [0.1, 0.15) is 0 Å². The van der Waals surface area contributed by atoms with Crippen LogP contribution in [0.15, 0.2) is 0 Å². The van der Waals surface area contributed by atoms with Crippen LogP contribution < -0.4 is 0 Å². The molecule has 0 bridgehead atoms. The van der Waals surface area contributed by atoms with Crippen LogP contribution in [0.1, 0.15) is 6.92 Å². The quantitative estimate of drug-likeness (QED) is 0.726. The van der Waals surface area contributed by atoms with Gasteiger partial charge in [-0.3, -0.25) is 14.5 Å². The Kier molecular flexibility index (Phi) is 7.32. The summed E-state index contributed by atoms with van der Waals surface area (Å²) >= 11 is 1.67. The predicted molar refractivity (Wildman–Crippen MR) is 79.0 cm³/mol. The molecule has 2 unspecified atom stereocenters. The number of carboxylic acids is 1. The van der Waals surface area contributed by atoms with E-state index < -0.39 is 5.97 Å². The maximum absolute atomic E-state index is 12.2. The molecule has 1 rings (SSSR count). The number of carbonyl (C=O) groups excluding carboxylic acids is 1. The second-order valence-electron chi connectivity index (χ2n) is 5.22. The fraction of sp³-hybridized carbons (Fsp3) is 0.846. The molecule has 0 aliphatic carbocycles. The van der Waals surface area contributed by atoms with E-state index in [4.69, 9.17) is 9.84 Å². The van der Waals surface area contributed by atoms with Crippen LogP contribution in [-0.4, -0.2) is 84.7 Å². The Bertz CT molecular complexity index is 340. The summed E-state index contributed by atoms with van der Waals surface area (Å²) in [5.41, 5.74) is 0. The van der Waals surface area contributed by atoms with Gasteiger partial charge in [-0.2, -0.15) is 11.8 Å². The first kappa shape index (κ1) is 17.3. The van der Waals surface area contributed by atoms with Crippen molar-refractivity contribution in [1.82, 2.24) is 9.80 Å². The van der Waals surface area contributed by atoms with Crippen molar-refractivity contribution in [2.75, 3.05) is 51.8 Å². The zero-order chi connectivity index (χ0) is 15.1. The third-order valence-corrected chi connectivity index (χ3v) is 4.04. The molecule has 20 heavy (non-hydrogen) atoms. The van der Waals surface area contributed by atoms with E-state index in [1.165, 1.54) is 0 Å². The summed E-state index contributed by atoms with van der Waals surface area (Å²) in [7, 11) is 1.74. The minimum absolute atomic E-state index is 0.0144. The van der Waals surface area contributed by atoms with Crippen LogP contribution in [0.5, 0.6) is 0 Å². The molecule has 0 aromatic rings. The Balaban J connectivity index is 2.45. The van der Waals surface area contributed by atoms with Gasteiger partial charge in [-0.25, -0.2) is 0 Å². The third kappa shape index (κ3) is 5.68. The number of nitrogens with zero attached hydrogens (tertiary/aromatic N) is 2. The van der Waals surface area contributed by atoms with Crippen molar-refractivity contribution in [2.45, 2.75) is 13.0 Å². The van der Waals surface area contributed by atoms with Gasteiger partial charge in [0.05, 0.1) is 19.3 Å². The molecule has 1 fully saturated rings. The summed E-state index contributed by atoms with van der Waals surface area (Å²) in [5, 5.41) is 8.74. The van der Waals surface area contributed by atoms with Crippen LogP contribution in [0.2, 0.25) is 0 Å². The van der Waals surface area contributed by atoms with Crippen molar-refractivity contribution in [3.05, 3.63) is 0 Å². The summed E-state index contributed by atoms with van der Waals surface area (Å²) in [5.74, 6) is 0.138. The van der Waals surface area contributed by atoms with Crippen LogP contribution in [0, 0.1) is 5.92 Å².